The third-order valence-corrected chi connectivity index (χ3v) is 9.11. The van der Waals surface area contributed by atoms with Gasteiger partial charge in [0.15, 0.2) is 5.82 Å². The van der Waals surface area contributed by atoms with Crippen molar-refractivity contribution in [1.82, 2.24) is 15.0 Å². The molecule has 0 atom stereocenters. The molecule has 0 amide bonds. The Morgan fingerprint density at radius 2 is 0.824 bits per heavy atom. The molecule has 0 spiro atoms. The van der Waals surface area contributed by atoms with E-state index in [1.54, 1.807) is 0 Å². The van der Waals surface area contributed by atoms with Crippen molar-refractivity contribution in [2.24, 2.45) is 0 Å². The van der Waals surface area contributed by atoms with E-state index < -0.39 is 0 Å². The van der Waals surface area contributed by atoms with Crippen molar-refractivity contribution in [3.05, 3.63) is 199 Å². The van der Waals surface area contributed by atoms with Gasteiger partial charge in [-0.3, -0.25) is 0 Å². The molecule has 242 valence electrons. The first-order valence-electron chi connectivity index (χ1n) is 17.2. The maximum absolute atomic E-state index is 5.20. The van der Waals surface area contributed by atoms with Gasteiger partial charge in [-0.1, -0.05) is 164 Å². The van der Waals surface area contributed by atoms with Crippen molar-refractivity contribution in [2.75, 3.05) is 0 Å². The lowest BCUT2D eigenvalue weighted by molar-refractivity contribution is 1.18. The second-order valence-electron chi connectivity index (χ2n) is 12.5. The van der Waals surface area contributed by atoms with E-state index in [4.69, 9.17) is 15.0 Å². The second kappa shape index (κ2) is 14.4. The first-order chi connectivity index (χ1) is 25.2. The molecule has 0 saturated heterocycles. The van der Waals surface area contributed by atoms with Crippen LogP contribution in [-0.2, 0) is 0 Å². The fourth-order valence-electron chi connectivity index (χ4n) is 6.38. The quantitative estimate of drug-likeness (QED) is 0.164. The molecule has 3 heteroatoms. The largest absolute Gasteiger partial charge is 0.248 e. The monoisotopic (exact) mass is 653 g/mol. The summed E-state index contributed by atoms with van der Waals surface area (Å²) in [5.41, 5.74) is 14.5. The van der Waals surface area contributed by atoms with Crippen LogP contribution in [0.25, 0.3) is 79.6 Å². The average Bonchev–Trinajstić information content (AvgIpc) is 3.22. The standard InChI is InChI=1S/C48H35N3/c1-34-43(32-45(37-20-10-4-11-21-37)49-44(34)29-28-35-16-6-2-7-17-35)40-25-15-27-42(31-40)48-50-46(38-22-12-5-13-23-38)33-47(51-48)41-26-14-24-39(30-41)36-18-8-3-9-19-36/h2-33H,1H3/b29-28-. The zero-order valence-corrected chi connectivity index (χ0v) is 28.3. The Balaban J connectivity index is 1.25. The maximum Gasteiger partial charge on any atom is 0.160 e. The van der Waals surface area contributed by atoms with Crippen molar-refractivity contribution in [3.63, 3.8) is 0 Å². The molecule has 0 unspecified atom stereocenters. The SMILES string of the molecule is Cc1c(-c2cccc(-c3nc(-c4ccccc4)cc(-c4cccc(-c5ccccc5)c4)n3)c2)cc(-c2ccccc2)nc1/C=C\c1ccccc1. The van der Waals surface area contributed by atoms with E-state index in [1.165, 1.54) is 5.56 Å². The van der Waals surface area contributed by atoms with Crippen LogP contribution in [0, 0.1) is 6.92 Å². The van der Waals surface area contributed by atoms with E-state index >= 15 is 0 Å². The zero-order valence-electron chi connectivity index (χ0n) is 28.3. The molecule has 0 fully saturated rings. The van der Waals surface area contributed by atoms with Gasteiger partial charge in [0.25, 0.3) is 0 Å². The summed E-state index contributed by atoms with van der Waals surface area (Å²) in [4.78, 5) is 15.5. The molecule has 0 aliphatic rings. The Hall–Kier alpha value is -6.71. The summed E-state index contributed by atoms with van der Waals surface area (Å²) < 4.78 is 0. The Morgan fingerprint density at radius 3 is 1.47 bits per heavy atom. The van der Waals surface area contributed by atoms with Crippen molar-refractivity contribution in [2.45, 2.75) is 6.92 Å². The normalized spacial score (nSPS) is 11.2. The second-order valence-corrected chi connectivity index (χ2v) is 12.5. The fourth-order valence-corrected chi connectivity index (χ4v) is 6.38. The smallest absolute Gasteiger partial charge is 0.160 e. The van der Waals surface area contributed by atoms with Crippen molar-refractivity contribution >= 4 is 12.2 Å². The topological polar surface area (TPSA) is 38.7 Å². The number of nitrogens with zero attached hydrogens (tertiary/aromatic N) is 3. The van der Waals surface area contributed by atoms with E-state index in [9.17, 15) is 0 Å². The van der Waals surface area contributed by atoms with Crippen LogP contribution in [-0.4, -0.2) is 15.0 Å². The van der Waals surface area contributed by atoms with Crippen LogP contribution in [0.3, 0.4) is 0 Å². The molecule has 2 aromatic heterocycles. The van der Waals surface area contributed by atoms with Crippen LogP contribution in [0.1, 0.15) is 16.8 Å². The Morgan fingerprint density at radius 1 is 0.353 bits per heavy atom. The minimum absolute atomic E-state index is 0.678. The molecule has 0 radical (unpaired) electrons. The van der Waals surface area contributed by atoms with Crippen LogP contribution in [0.4, 0.5) is 0 Å². The van der Waals surface area contributed by atoms with Gasteiger partial charge in [-0.05, 0) is 70.6 Å². The highest BCUT2D eigenvalue weighted by molar-refractivity contribution is 5.82. The molecular formula is C48H35N3. The first-order valence-corrected chi connectivity index (χ1v) is 17.2. The maximum atomic E-state index is 5.20. The lowest BCUT2D eigenvalue weighted by Gasteiger charge is -2.14. The molecule has 8 rings (SSSR count). The lowest BCUT2D eigenvalue weighted by Crippen LogP contribution is -1.98. The predicted octanol–water partition coefficient (Wildman–Crippen LogP) is 12.4. The highest BCUT2D eigenvalue weighted by Crippen LogP contribution is 2.35. The molecule has 0 saturated carbocycles. The number of pyridine rings is 1. The van der Waals surface area contributed by atoms with E-state index in [1.807, 2.05) is 36.4 Å². The van der Waals surface area contributed by atoms with Gasteiger partial charge in [0.1, 0.15) is 0 Å². The molecule has 0 aliphatic carbocycles. The molecule has 0 bridgehead atoms. The molecule has 0 aliphatic heterocycles. The zero-order chi connectivity index (χ0) is 34.4. The highest BCUT2D eigenvalue weighted by atomic mass is 14.9. The number of hydrogen-bond acceptors (Lipinski definition) is 3. The molecule has 3 nitrogen and oxygen atoms in total. The van der Waals surface area contributed by atoms with Gasteiger partial charge < -0.3 is 0 Å². The van der Waals surface area contributed by atoms with E-state index in [-0.39, 0.29) is 0 Å². The summed E-state index contributed by atoms with van der Waals surface area (Å²) in [6, 6.07) is 62.9. The van der Waals surface area contributed by atoms with E-state index in [0.717, 1.165) is 72.8 Å². The van der Waals surface area contributed by atoms with Gasteiger partial charge in [0, 0.05) is 22.3 Å². The third kappa shape index (κ3) is 7.05. The minimum Gasteiger partial charge on any atom is -0.248 e. The Kier molecular flexibility index (Phi) is 8.92. The third-order valence-electron chi connectivity index (χ3n) is 9.11. The van der Waals surface area contributed by atoms with Crippen LogP contribution in [0.5, 0.6) is 0 Å². The minimum atomic E-state index is 0.678. The van der Waals surface area contributed by atoms with Crippen LogP contribution in [0.15, 0.2) is 182 Å². The van der Waals surface area contributed by atoms with Gasteiger partial charge in [-0.25, -0.2) is 15.0 Å². The number of rotatable bonds is 8. The molecule has 2 heterocycles. The highest BCUT2D eigenvalue weighted by Gasteiger charge is 2.15. The summed E-state index contributed by atoms with van der Waals surface area (Å²) in [6.07, 6.45) is 4.24. The lowest BCUT2D eigenvalue weighted by atomic mass is 9.95. The summed E-state index contributed by atoms with van der Waals surface area (Å²) in [5.74, 6) is 0.678. The summed E-state index contributed by atoms with van der Waals surface area (Å²) in [5, 5.41) is 0. The Labute approximate surface area is 299 Å². The summed E-state index contributed by atoms with van der Waals surface area (Å²) in [6.45, 7) is 2.15. The van der Waals surface area contributed by atoms with Crippen LogP contribution in [0.2, 0.25) is 0 Å². The summed E-state index contributed by atoms with van der Waals surface area (Å²) in [7, 11) is 0. The first kappa shape index (κ1) is 31.6. The van der Waals surface area contributed by atoms with E-state index in [0.29, 0.717) is 5.82 Å². The average molecular weight is 654 g/mol. The molecular weight excluding hydrogens is 619 g/mol. The summed E-state index contributed by atoms with van der Waals surface area (Å²) >= 11 is 0. The van der Waals surface area contributed by atoms with Gasteiger partial charge >= 0.3 is 0 Å². The fraction of sp³-hybridized carbons (Fsp3) is 0.0208. The van der Waals surface area contributed by atoms with Gasteiger partial charge in [0.05, 0.1) is 22.8 Å². The van der Waals surface area contributed by atoms with Gasteiger partial charge in [-0.2, -0.15) is 0 Å². The molecule has 51 heavy (non-hydrogen) atoms. The van der Waals surface area contributed by atoms with Gasteiger partial charge in [-0.15, -0.1) is 0 Å². The van der Waals surface area contributed by atoms with Gasteiger partial charge in [0.2, 0.25) is 0 Å². The van der Waals surface area contributed by atoms with Crippen LogP contribution < -0.4 is 0 Å². The Bertz CT molecular complexity index is 2450. The van der Waals surface area contributed by atoms with Crippen molar-refractivity contribution in [3.8, 4) is 67.4 Å². The van der Waals surface area contributed by atoms with Crippen molar-refractivity contribution < 1.29 is 0 Å². The predicted molar refractivity (Wildman–Crippen MR) is 213 cm³/mol. The number of hydrogen-bond donors (Lipinski definition) is 0. The molecule has 8 aromatic rings. The van der Waals surface area contributed by atoms with Crippen LogP contribution >= 0.6 is 0 Å². The number of benzene rings is 6. The molecule has 0 N–H and O–H groups in total. The van der Waals surface area contributed by atoms with E-state index in [2.05, 4.69) is 165 Å². The molecule has 6 aromatic carbocycles. The number of aromatic nitrogens is 3. The van der Waals surface area contributed by atoms with Crippen molar-refractivity contribution in [1.29, 1.82) is 0 Å².